The summed E-state index contributed by atoms with van der Waals surface area (Å²) in [6.07, 6.45) is 11.8. The van der Waals surface area contributed by atoms with Crippen molar-refractivity contribution >= 4 is 5.84 Å². The normalized spacial score (nSPS) is 30.1. The molecule has 0 radical (unpaired) electrons. The molecular weight excluding hydrogens is 238 g/mol. The summed E-state index contributed by atoms with van der Waals surface area (Å²) in [7, 11) is 0. The lowest BCUT2D eigenvalue weighted by Gasteiger charge is -2.40. The van der Waals surface area contributed by atoms with Gasteiger partial charge in [0.2, 0.25) is 0 Å². The molecule has 4 heteroatoms. The van der Waals surface area contributed by atoms with E-state index >= 15 is 0 Å². The quantitative estimate of drug-likeness (QED) is 0.348. The lowest BCUT2D eigenvalue weighted by molar-refractivity contribution is 0.108. The zero-order valence-electron chi connectivity index (χ0n) is 12.2. The molecule has 2 saturated carbocycles. The zero-order chi connectivity index (χ0) is 13.7. The van der Waals surface area contributed by atoms with Gasteiger partial charge in [-0.2, -0.15) is 0 Å². The van der Waals surface area contributed by atoms with E-state index in [0.29, 0.717) is 24.5 Å². The van der Waals surface area contributed by atoms with Gasteiger partial charge >= 0.3 is 0 Å². The highest BCUT2D eigenvalue weighted by molar-refractivity contribution is 5.81. The number of oxime groups is 1. The van der Waals surface area contributed by atoms with E-state index in [-0.39, 0.29) is 0 Å². The van der Waals surface area contributed by atoms with Gasteiger partial charge in [0, 0.05) is 12.1 Å². The molecule has 0 atom stereocenters. The second-order valence-corrected chi connectivity index (χ2v) is 6.28. The van der Waals surface area contributed by atoms with Crippen LogP contribution in [0.15, 0.2) is 5.16 Å². The van der Waals surface area contributed by atoms with Crippen LogP contribution < -0.4 is 5.73 Å². The number of hydrogen-bond donors (Lipinski definition) is 2. The summed E-state index contributed by atoms with van der Waals surface area (Å²) in [5.74, 6) is 1.29. The smallest absolute Gasteiger partial charge is 0.153 e. The maximum absolute atomic E-state index is 8.84. The summed E-state index contributed by atoms with van der Waals surface area (Å²) >= 11 is 0. The van der Waals surface area contributed by atoms with E-state index in [0.717, 1.165) is 5.92 Å². The van der Waals surface area contributed by atoms with Crippen molar-refractivity contribution in [1.29, 1.82) is 0 Å². The summed E-state index contributed by atoms with van der Waals surface area (Å²) in [6, 6.07) is 1.30. The molecule has 0 aromatic carbocycles. The Morgan fingerprint density at radius 3 is 2.21 bits per heavy atom. The van der Waals surface area contributed by atoms with Crippen molar-refractivity contribution < 1.29 is 5.21 Å². The van der Waals surface area contributed by atoms with Gasteiger partial charge in [-0.15, -0.1) is 0 Å². The molecule has 0 aromatic rings. The fraction of sp³-hybridized carbons (Fsp3) is 0.933. The minimum absolute atomic E-state index is 0.365. The first kappa shape index (κ1) is 14.6. The SMILES string of the molecule is CCC1CCC(N(CC(N)=NO)C2CCCC2)CC1. The van der Waals surface area contributed by atoms with Crippen LogP contribution in [-0.4, -0.2) is 34.6 Å². The molecule has 2 aliphatic carbocycles. The first-order chi connectivity index (χ1) is 9.24. The summed E-state index contributed by atoms with van der Waals surface area (Å²) in [5.41, 5.74) is 5.76. The lowest BCUT2D eigenvalue weighted by Crippen LogP contribution is -2.48. The van der Waals surface area contributed by atoms with E-state index in [1.54, 1.807) is 0 Å². The maximum atomic E-state index is 8.84. The van der Waals surface area contributed by atoms with E-state index in [1.165, 1.54) is 57.8 Å². The van der Waals surface area contributed by atoms with Crippen LogP contribution in [0.3, 0.4) is 0 Å². The Morgan fingerprint density at radius 1 is 1.11 bits per heavy atom. The number of rotatable bonds is 5. The number of amidine groups is 1. The third kappa shape index (κ3) is 3.85. The molecule has 0 bridgehead atoms. The molecule has 110 valence electrons. The van der Waals surface area contributed by atoms with Crippen LogP contribution in [0.2, 0.25) is 0 Å². The van der Waals surface area contributed by atoms with Crippen LogP contribution >= 0.6 is 0 Å². The molecule has 3 N–H and O–H groups in total. The van der Waals surface area contributed by atoms with Crippen molar-refractivity contribution in [3.05, 3.63) is 0 Å². The van der Waals surface area contributed by atoms with E-state index in [9.17, 15) is 0 Å². The van der Waals surface area contributed by atoms with Crippen LogP contribution in [0, 0.1) is 5.92 Å². The fourth-order valence-corrected chi connectivity index (χ4v) is 3.90. The Bertz CT molecular complexity index is 292. The molecule has 0 aromatic heterocycles. The van der Waals surface area contributed by atoms with Crippen LogP contribution in [0.4, 0.5) is 0 Å². The number of nitrogens with zero attached hydrogens (tertiary/aromatic N) is 2. The summed E-state index contributed by atoms with van der Waals surface area (Å²) in [4.78, 5) is 2.54. The van der Waals surface area contributed by atoms with Gasteiger partial charge < -0.3 is 10.9 Å². The Labute approximate surface area is 117 Å². The highest BCUT2D eigenvalue weighted by Gasteiger charge is 2.31. The van der Waals surface area contributed by atoms with Gasteiger partial charge in [0.05, 0.1) is 6.54 Å². The maximum Gasteiger partial charge on any atom is 0.153 e. The highest BCUT2D eigenvalue weighted by Crippen LogP contribution is 2.33. The third-order valence-corrected chi connectivity index (χ3v) is 5.13. The standard InChI is InChI=1S/C15H29N3O/c1-2-12-7-9-14(10-8-12)18(11-15(16)17-19)13-5-3-4-6-13/h12-14,19H,2-11H2,1H3,(H2,16,17). The van der Waals surface area contributed by atoms with Gasteiger partial charge in [-0.25, -0.2) is 0 Å². The van der Waals surface area contributed by atoms with Gasteiger partial charge in [0.25, 0.3) is 0 Å². The third-order valence-electron chi connectivity index (χ3n) is 5.13. The average molecular weight is 267 g/mol. The summed E-state index contributed by atoms with van der Waals surface area (Å²) < 4.78 is 0. The predicted octanol–water partition coefficient (Wildman–Crippen LogP) is 2.95. The Kier molecular flexibility index (Phi) is 5.49. The molecule has 19 heavy (non-hydrogen) atoms. The zero-order valence-corrected chi connectivity index (χ0v) is 12.2. The highest BCUT2D eigenvalue weighted by atomic mass is 16.4. The summed E-state index contributed by atoms with van der Waals surface area (Å²) in [6.45, 7) is 2.94. The van der Waals surface area contributed by atoms with Crippen LogP contribution in [0.5, 0.6) is 0 Å². The van der Waals surface area contributed by atoms with Crippen LogP contribution in [-0.2, 0) is 0 Å². The fourth-order valence-electron chi connectivity index (χ4n) is 3.90. The van der Waals surface area contributed by atoms with Gasteiger partial charge in [-0.3, -0.25) is 4.90 Å². The topological polar surface area (TPSA) is 61.8 Å². The van der Waals surface area contributed by atoms with E-state index in [2.05, 4.69) is 17.0 Å². The number of nitrogens with two attached hydrogens (primary N) is 1. The molecule has 0 unspecified atom stereocenters. The second kappa shape index (κ2) is 7.13. The van der Waals surface area contributed by atoms with Crippen molar-refractivity contribution in [2.45, 2.75) is 76.8 Å². The van der Waals surface area contributed by atoms with Crippen molar-refractivity contribution in [3.63, 3.8) is 0 Å². The van der Waals surface area contributed by atoms with Crippen LogP contribution in [0.1, 0.15) is 64.7 Å². The monoisotopic (exact) mass is 267 g/mol. The molecule has 0 aliphatic heterocycles. The number of hydrogen-bond acceptors (Lipinski definition) is 3. The largest absolute Gasteiger partial charge is 0.409 e. The van der Waals surface area contributed by atoms with Crippen molar-refractivity contribution in [2.24, 2.45) is 16.8 Å². The average Bonchev–Trinajstić information content (AvgIpc) is 2.98. The first-order valence-corrected chi connectivity index (χ1v) is 7.96. The molecule has 2 rings (SSSR count). The first-order valence-electron chi connectivity index (χ1n) is 7.96. The van der Waals surface area contributed by atoms with Crippen molar-refractivity contribution in [2.75, 3.05) is 6.54 Å². The van der Waals surface area contributed by atoms with Gasteiger partial charge in [0.15, 0.2) is 5.84 Å². The van der Waals surface area contributed by atoms with Crippen molar-refractivity contribution in [3.8, 4) is 0 Å². The molecule has 0 saturated heterocycles. The van der Waals surface area contributed by atoms with Crippen molar-refractivity contribution in [1.82, 2.24) is 4.90 Å². The molecular formula is C15H29N3O. The molecule has 0 spiro atoms. The second-order valence-electron chi connectivity index (χ2n) is 6.28. The minimum atomic E-state index is 0.365. The van der Waals surface area contributed by atoms with Crippen LogP contribution in [0.25, 0.3) is 0 Å². The van der Waals surface area contributed by atoms with Gasteiger partial charge in [0.1, 0.15) is 0 Å². The van der Waals surface area contributed by atoms with Gasteiger partial charge in [-0.05, 0) is 44.4 Å². The Morgan fingerprint density at radius 2 is 1.68 bits per heavy atom. The molecule has 2 aliphatic rings. The predicted molar refractivity (Wildman–Crippen MR) is 78.4 cm³/mol. The van der Waals surface area contributed by atoms with E-state index in [4.69, 9.17) is 10.9 Å². The molecule has 2 fully saturated rings. The lowest BCUT2D eigenvalue weighted by atomic mass is 9.83. The molecule has 4 nitrogen and oxygen atoms in total. The van der Waals surface area contributed by atoms with E-state index in [1.807, 2.05) is 0 Å². The Hall–Kier alpha value is -0.770. The molecule has 0 heterocycles. The summed E-state index contributed by atoms with van der Waals surface area (Å²) in [5, 5.41) is 12.0. The van der Waals surface area contributed by atoms with E-state index < -0.39 is 0 Å². The van der Waals surface area contributed by atoms with Gasteiger partial charge in [-0.1, -0.05) is 31.3 Å². The Balaban J connectivity index is 1.96. The minimum Gasteiger partial charge on any atom is -0.409 e. The molecule has 0 amide bonds.